The number of hydrogen-bond acceptors (Lipinski definition) is 5. The van der Waals surface area contributed by atoms with Gasteiger partial charge in [-0.3, -0.25) is 14.3 Å². The number of amides is 2. The molecule has 2 N–H and O–H groups in total. The third-order valence-corrected chi connectivity index (χ3v) is 6.09. The Labute approximate surface area is 193 Å². The van der Waals surface area contributed by atoms with Crippen molar-refractivity contribution >= 4 is 17.5 Å². The first-order chi connectivity index (χ1) is 15.9. The third-order valence-electron chi connectivity index (χ3n) is 6.09. The van der Waals surface area contributed by atoms with Crippen LogP contribution in [0.3, 0.4) is 0 Å². The maximum atomic E-state index is 12.5. The first kappa shape index (κ1) is 22.8. The van der Waals surface area contributed by atoms with Gasteiger partial charge in [-0.05, 0) is 50.8 Å². The summed E-state index contributed by atoms with van der Waals surface area (Å²) in [5.41, 5.74) is 1.55. The Kier molecular flexibility index (Phi) is 6.65. The Morgan fingerprint density at radius 2 is 1.97 bits per heavy atom. The van der Waals surface area contributed by atoms with Crippen molar-refractivity contribution in [2.45, 2.75) is 50.7 Å². The van der Waals surface area contributed by atoms with Crippen molar-refractivity contribution in [3.63, 3.8) is 0 Å². The molecule has 1 fully saturated rings. The van der Waals surface area contributed by atoms with Gasteiger partial charge in [0.2, 0.25) is 5.91 Å². The van der Waals surface area contributed by atoms with Crippen LogP contribution in [0.4, 0.5) is 5.69 Å². The van der Waals surface area contributed by atoms with Crippen molar-refractivity contribution in [3.8, 4) is 0 Å². The highest BCUT2D eigenvalue weighted by molar-refractivity contribution is 6.02. The third kappa shape index (κ3) is 5.70. The predicted molar refractivity (Wildman–Crippen MR) is 124 cm³/mol. The van der Waals surface area contributed by atoms with Gasteiger partial charge in [-0.1, -0.05) is 30.3 Å². The van der Waals surface area contributed by atoms with E-state index in [0.717, 1.165) is 19.3 Å². The SMILES string of the molecule is CC1(C)CC(CCNC(=O)Cn2cc(NC(=O)c3ccco3)cn2)(c2ccccc2)CCO1. The van der Waals surface area contributed by atoms with Crippen LogP contribution < -0.4 is 10.6 Å². The quantitative estimate of drug-likeness (QED) is 0.545. The summed E-state index contributed by atoms with van der Waals surface area (Å²) in [4.78, 5) is 24.6. The van der Waals surface area contributed by atoms with Crippen LogP contribution in [0.15, 0.2) is 65.5 Å². The Morgan fingerprint density at radius 3 is 2.70 bits per heavy atom. The van der Waals surface area contributed by atoms with E-state index < -0.39 is 0 Å². The summed E-state index contributed by atoms with van der Waals surface area (Å²) in [6.45, 7) is 5.59. The molecule has 0 aliphatic carbocycles. The topological polar surface area (TPSA) is 98.4 Å². The lowest BCUT2D eigenvalue weighted by Gasteiger charge is -2.45. The number of nitrogens with one attached hydrogen (secondary N) is 2. The number of ether oxygens (including phenoxy) is 1. The standard InChI is InChI=1S/C25H30N4O4/c1-24(2)18-25(11-14-33-24,19-7-4-3-5-8-19)10-12-26-22(30)17-29-16-20(15-27-29)28-23(31)21-9-6-13-32-21/h3-9,13,15-16H,10-12,14,17-18H2,1-2H3,(H,26,30)(H,28,31). The van der Waals surface area contributed by atoms with Crippen LogP contribution in [0.2, 0.25) is 0 Å². The Balaban J connectivity index is 1.32. The molecule has 1 aliphatic rings. The number of carbonyl (C=O) groups is 2. The average Bonchev–Trinajstić information content (AvgIpc) is 3.46. The average molecular weight is 451 g/mol. The van der Waals surface area contributed by atoms with Gasteiger partial charge in [0.25, 0.3) is 5.91 Å². The fourth-order valence-electron chi connectivity index (χ4n) is 4.63. The van der Waals surface area contributed by atoms with E-state index in [9.17, 15) is 9.59 Å². The molecule has 8 nitrogen and oxygen atoms in total. The first-order valence-corrected chi connectivity index (χ1v) is 11.2. The van der Waals surface area contributed by atoms with Gasteiger partial charge in [-0.2, -0.15) is 5.10 Å². The normalized spacial score (nSPS) is 19.7. The molecule has 3 heterocycles. The molecule has 174 valence electrons. The smallest absolute Gasteiger partial charge is 0.291 e. The van der Waals surface area contributed by atoms with E-state index in [4.69, 9.17) is 9.15 Å². The summed E-state index contributed by atoms with van der Waals surface area (Å²) in [6.07, 6.45) is 7.21. The second kappa shape index (κ2) is 9.62. The molecule has 33 heavy (non-hydrogen) atoms. The molecule has 2 aromatic heterocycles. The molecular formula is C25H30N4O4. The Morgan fingerprint density at radius 1 is 1.15 bits per heavy atom. The van der Waals surface area contributed by atoms with Gasteiger partial charge in [0.1, 0.15) is 6.54 Å². The first-order valence-electron chi connectivity index (χ1n) is 11.2. The van der Waals surface area contributed by atoms with Gasteiger partial charge in [0.15, 0.2) is 5.76 Å². The van der Waals surface area contributed by atoms with Crippen molar-refractivity contribution in [3.05, 3.63) is 72.4 Å². The van der Waals surface area contributed by atoms with Gasteiger partial charge < -0.3 is 19.8 Å². The Bertz CT molecular complexity index is 1080. The Hall–Kier alpha value is -3.39. The molecule has 1 atom stereocenters. The monoisotopic (exact) mass is 450 g/mol. The highest BCUT2D eigenvalue weighted by Gasteiger charge is 2.41. The van der Waals surface area contributed by atoms with Crippen LogP contribution in [0.5, 0.6) is 0 Å². The van der Waals surface area contributed by atoms with Gasteiger partial charge in [0.05, 0.1) is 23.7 Å². The molecule has 8 heteroatoms. The number of nitrogens with zero attached hydrogens (tertiary/aromatic N) is 2. The summed E-state index contributed by atoms with van der Waals surface area (Å²) in [7, 11) is 0. The van der Waals surface area contributed by atoms with Crippen LogP contribution in [-0.2, 0) is 21.5 Å². The van der Waals surface area contributed by atoms with Crippen molar-refractivity contribution < 1.29 is 18.7 Å². The van der Waals surface area contributed by atoms with E-state index in [-0.39, 0.29) is 35.1 Å². The molecule has 2 amide bonds. The van der Waals surface area contributed by atoms with Gasteiger partial charge in [-0.25, -0.2) is 0 Å². The molecule has 1 aromatic carbocycles. The van der Waals surface area contributed by atoms with E-state index in [1.54, 1.807) is 18.3 Å². The summed E-state index contributed by atoms with van der Waals surface area (Å²) in [5, 5.41) is 9.89. The zero-order valence-corrected chi connectivity index (χ0v) is 19.0. The largest absolute Gasteiger partial charge is 0.459 e. The summed E-state index contributed by atoms with van der Waals surface area (Å²) < 4.78 is 12.5. The number of hydrogen-bond donors (Lipinski definition) is 2. The van der Waals surface area contributed by atoms with E-state index in [1.807, 2.05) is 6.07 Å². The summed E-state index contributed by atoms with van der Waals surface area (Å²) in [6, 6.07) is 13.7. The van der Waals surface area contributed by atoms with E-state index >= 15 is 0 Å². The summed E-state index contributed by atoms with van der Waals surface area (Å²) >= 11 is 0. The minimum absolute atomic E-state index is 0.0364. The van der Waals surface area contributed by atoms with Crippen LogP contribution in [0, 0.1) is 0 Å². The van der Waals surface area contributed by atoms with Crippen molar-refractivity contribution in [2.24, 2.45) is 0 Å². The summed E-state index contributed by atoms with van der Waals surface area (Å²) in [5.74, 6) is -0.282. The molecule has 1 unspecified atom stereocenters. The molecule has 0 saturated carbocycles. The zero-order chi connectivity index (χ0) is 23.3. The fraction of sp³-hybridized carbons (Fsp3) is 0.400. The van der Waals surface area contributed by atoms with E-state index in [2.05, 4.69) is 53.8 Å². The lowest BCUT2D eigenvalue weighted by molar-refractivity contribution is -0.122. The van der Waals surface area contributed by atoms with Gasteiger partial charge >= 0.3 is 0 Å². The van der Waals surface area contributed by atoms with E-state index in [0.29, 0.717) is 18.8 Å². The second-order valence-corrected chi connectivity index (χ2v) is 9.14. The highest BCUT2D eigenvalue weighted by Crippen LogP contribution is 2.43. The fourth-order valence-corrected chi connectivity index (χ4v) is 4.63. The number of benzene rings is 1. The molecule has 3 aromatic rings. The molecule has 0 radical (unpaired) electrons. The van der Waals surface area contributed by atoms with Crippen molar-refractivity contribution in [2.75, 3.05) is 18.5 Å². The molecule has 4 rings (SSSR count). The van der Waals surface area contributed by atoms with Crippen LogP contribution >= 0.6 is 0 Å². The zero-order valence-electron chi connectivity index (χ0n) is 19.0. The van der Waals surface area contributed by atoms with Crippen LogP contribution in [0.25, 0.3) is 0 Å². The highest BCUT2D eigenvalue weighted by atomic mass is 16.5. The van der Waals surface area contributed by atoms with Crippen molar-refractivity contribution in [1.29, 1.82) is 0 Å². The van der Waals surface area contributed by atoms with Crippen molar-refractivity contribution in [1.82, 2.24) is 15.1 Å². The molecule has 1 aliphatic heterocycles. The number of carbonyl (C=O) groups excluding carboxylic acids is 2. The lowest BCUT2D eigenvalue weighted by atomic mass is 9.67. The number of furan rings is 1. The lowest BCUT2D eigenvalue weighted by Crippen LogP contribution is -2.45. The van der Waals surface area contributed by atoms with E-state index in [1.165, 1.54) is 22.7 Å². The van der Waals surface area contributed by atoms with Gasteiger partial charge in [0, 0.05) is 24.8 Å². The second-order valence-electron chi connectivity index (χ2n) is 9.14. The molecule has 0 spiro atoms. The molecule has 1 saturated heterocycles. The van der Waals surface area contributed by atoms with Crippen LogP contribution in [-0.4, -0.2) is 40.3 Å². The van der Waals surface area contributed by atoms with Crippen LogP contribution in [0.1, 0.15) is 49.2 Å². The predicted octanol–water partition coefficient (Wildman–Crippen LogP) is 3.76. The minimum atomic E-state index is -0.366. The maximum absolute atomic E-state index is 12.5. The number of anilines is 1. The number of rotatable bonds is 8. The van der Waals surface area contributed by atoms with Gasteiger partial charge in [-0.15, -0.1) is 0 Å². The minimum Gasteiger partial charge on any atom is -0.459 e. The molecular weight excluding hydrogens is 420 g/mol. The number of aromatic nitrogens is 2. The maximum Gasteiger partial charge on any atom is 0.291 e. The molecule has 0 bridgehead atoms.